The van der Waals surface area contributed by atoms with Crippen LogP contribution in [-0.4, -0.2) is 61.4 Å². The Balaban J connectivity index is 1.65. The van der Waals surface area contributed by atoms with E-state index < -0.39 is 82.3 Å². The number of ketones is 1. The summed E-state index contributed by atoms with van der Waals surface area (Å²) in [4.78, 5) is 56.9. The molecule has 0 amide bonds. The Morgan fingerprint density at radius 2 is 1.80 bits per heavy atom. The van der Waals surface area contributed by atoms with Crippen LogP contribution in [-0.2, 0) is 23.7 Å². The van der Waals surface area contributed by atoms with Crippen molar-refractivity contribution in [3.05, 3.63) is 23.5 Å². The van der Waals surface area contributed by atoms with Crippen LogP contribution in [0.4, 0.5) is 13.2 Å². The van der Waals surface area contributed by atoms with Crippen molar-refractivity contribution in [2.75, 3.05) is 12.2 Å². The van der Waals surface area contributed by atoms with Gasteiger partial charge in [0, 0.05) is 35.9 Å². The van der Waals surface area contributed by atoms with Gasteiger partial charge in [-0.05, 0) is 74.8 Å². The number of unbranched alkanes of at least 4 members (excludes halogenated alkanes) is 2. The van der Waals surface area contributed by atoms with E-state index in [0.29, 0.717) is 18.2 Å². The maximum atomic E-state index is 17.4. The van der Waals surface area contributed by atoms with E-state index in [2.05, 4.69) is 0 Å². The molecule has 0 saturated heterocycles. The molecule has 41 heavy (non-hydrogen) atoms. The Morgan fingerprint density at radius 1 is 1.12 bits per heavy atom. The van der Waals surface area contributed by atoms with Crippen LogP contribution in [0.15, 0.2) is 23.5 Å². The molecule has 0 unspecified atom stereocenters. The van der Waals surface area contributed by atoms with Gasteiger partial charge in [0.2, 0.25) is 5.12 Å². The number of thioether (sulfide) groups is 1. The predicted molar refractivity (Wildman–Crippen MR) is 146 cm³/mol. The van der Waals surface area contributed by atoms with E-state index in [0.717, 1.165) is 12.2 Å². The fourth-order valence-electron chi connectivity index (χ4n) is 8.36. The fourth-order valence-corrected chi connectivity index (χ4v) is 9.78. The molecule has 13 heteroatoms. The van der Waals surface area contributed by atoms with Crippen LogP contribution in [0.1, 0.15) is 72.1 Å². The van der Waals surface area contributed by atoms with Crippen molar-refractivity contribution in [3.8, 4) is 0 Å². The number of rotatable bonds is 9. The van der Waals surface area contributed by atoms with Crippen LogP contribution >= 0.6 is 19.4 Å². The molecule has 0 heterocycles. The first kappa shape index (κ1) is 32.3. The second-order valence-corrected chi connectivity index (χ2v) is 15.1. The van der Waals surface area contributed by atoms with E-state index in [9.17, 15) is 28.4 Å². The fraction of sp³-hybridized carbons (Fsp3) is 0.750. The van der Waals surface area contributed by atoms with Gasteiger partial charge >= 0.3 is 13.6 Å². The number of halogens is 3. The molecule has 0 aromatic heterocycles. The molecule has 3 fully saturated rings. The molecule has 0 radical (unpaired) electrons. The molecule has 0 spiro atoms. The summed E-state index contributed by atoms with van der Waals surface area (Å²) in [7, 11) is -4.16. The maximum absolute atomic E-state index is 17.4. The SMILES string of the molecule is C[C@@H]1C[C@H]2[C@@H]3C[C@H](F)C4=CC(=O)C=C(O)[C@@]4(C)[C@@]3(F)CC[C@]2(C)[C@@]1(OC(=O)CCCCCP(=O)(O)O)C(=O)SCF. The zero-order valence-electron chi connectivity index (χ0n) is 23.4. The molecule has 0 aromatic rings. The third-order valence-corrected chi connectivity index (χ3v) is 12.0. The van der Waals surface area contributed by atoms with Gasteiger partial charge in [0.25, 0.3) is 0 Å². The first-order chi connectivity index (χ1) is 19.0. The quantitative estimate of drug-likeness (QED) is 0.169. The van der Waals surface area contributed by atoms with Crippen LogP contribution in [0.25, 0.3) is 0 Å². The Morgan fingerprint density at radius 3 is 2.44 bits per heavy atom. The Labute approximate surface area is 241 Å². The number of carbonyl (C=O) groups is 3. The highest BCUT2D eigenvalue weighted by Gasteiger charge is 2.76. The number of ether oxygens (including phenoxy) is 1. The molecule has 0 bridgehead atoms. The summed E-state index contributed by atoms with van der Waals surface area (Å²) in [6.45, 7) is 4.81. The van der Waals surface area contributed by atoms with Crippen molar-refractivity contribution in [1.82, 2.24) is 0 Å². The molecule has 0 aromatic carbocycles. The lowest BCUT2D eigenvalue weighted by Crippen LogP contribution is -2.66. The lowest BCUT2D eigenvalue weighted by molar-refractivity contribution is -0.202. The van der Waals surface area contributed by atoms with E-state index in [1.807, 2.05) is 0 Å². The van der Waals surface area contributed by atoms with E-state index >= 15 is 8.78 Å². The van der Waals surface area contributed by atoms with Gasteiger partial charge in [-0.1, -0.05) is 20.3 Å². The molecule has 8 atom stereocenters. The van der Waals surface area contributed by atoms with E-state index in [1.165, 1.54) is 6.92 Å². The molecule has 4 aliphatic rings. The standard InChI is InChI=1S/C28H38F3O8PS/c1-16-11-18-19-14-21(30)20-12-17(32)13-22(33)26(20,3)27(19,31)9-8-25(18,2)28(16,24(35)41-15-29)39-23(34)7-5-4-6-10-40(36,37)38/h12-13,16,18-19,21,33H,4-11,14-15H2,1-3H3,(H2,36,37,38)/t16-,18+,19+,21+,25+,26+,27-,28+/m1/s1. The van der Waals surface area contributed by atoms with E-state index in [-0.39, 0.29) is 56.7 Å². The second-order valence-electron chi connectivity index (χ2n) is 12.4. The highest BCUT2D eigenvalue weighted by atomic mass is 32.2. The topological polar surface area (TPSA) is 138 Å². The third-order valence-electron chi connectivity index (χ3n) is 10.4. The number of aliphatic hydroxyl groups excluding tert-OH is 1. The number of hydrogen-bond donors (Lipinski definition) is 3. The Bertz CT molecular complexity index is 1220. The summed E-state index contributed by atoms with van der Waals surface area (Å²) < 4.78 is 63.7. The minimum absolute atomic E-state index is 0.0320. The molecular weight excluding hydrogens is 584 g/mol. The van der Waals surface area contributed by atoms with Crippen LogP contribution in [0.5, 0.6) is 0 Å². The minimum Gasteiger partial charge on any atom is -0.511 e. The summed E-state index contributed by atoms with van der Waals surface area (Å²) in [6, 6.07) is -1.06. The van der Waals surface area contributed by atoms with E-state index in [1.54, 1.807) is 13.8 Å². The first-order valence-electron chi connectivity index (χ1n) is 14.0. The number of allylic oxidation sites excluding steroid dienone is 3. The minimum atomic E-state index is -4.16. The van der Waals surface area contributed by atoms with E-state index in [4.69, 9.17) is 14.5 Å². The Kier molecular flexibility index (Phi) is 8.78. The summed E-state index contributed by atoms with van der Waals surface area (Å²) >= 11 is 0.376. The normalized spacial score (nSPS) is 40.1. The lowest BCUT2D eigenvalue weighted by Gasteiger charge is -2.61. The highest BCUT2D eigenvalue weighted by Crippen LogP contribution is 2.72. The van der Waals surface area contributed by atoms with Crippen molar-refractivity contribution in [2.45, 2.75) is 89.6 Å². The molecule has 8 nitrogen and oxygen atoms in total. The van der Waals surface area contributed by atoms with Crippen LogP contribution in [0.3, 0.4) is 0 Å². The number of alkyl halides is 3. The molecule has 3 N–H and O–H groups in total. The smallest absolute Gasteiger partial charge is 0.325 e. The molecule has 0 aliphatic heterocycles. The van der Waals surface area contributed by atoms with Crippen LogP contribution in [0, 0.1) is 28.6 Å². The monoisotopic (exact) mass is 622 g/mol. The largest absolute Gasteiger partial charge is 0.511 e. The molecular formula is C28H38F3O8PS. The summed E-state index contributed by atoms with van der Waals surface area (Å²) in [5.74, 6) is -4.17. The number of hydrogen-bond acceptors (Lipinski definition) is 7. The van der Waals surface area contributed by atoms with Gasteiger partial charge < -0.3 is 19.6 Å². The predicted octanol–water partition coefficient (Wildman–Crippen LogP) is 5.67. The maximum Gasteiger partial charge on any atom is 0.325 e. The number of aliphatic hydroxyl groups is 1. The van der Waals surface area contributed by atoms with Gasteiger partial charge in [-0.2, -0.15) is 0 Å². The molecule has 4 aliphatic carbocycles. The van der Waals surface area contributed by atoms with Gasteiger partial charge in [-0.3, -0.25) is 18.9 Å². The molecule has 3 saturated carbocycles. The average Bonchev–Trinajstić information content (AvgIpc) is 3.09. The number of esters is 1. The third kappa shape index (κ3) is 5.04. The average molecular weight is 623 g/mol. The van der Waals surface area contributed by atoms with Crippen molar-refractivity contribution < 1.29 is 51.8 Å². The van der Waals surface area contributed by atoms with Crippen molar-refractivity contribution in [2.24, 2.45) is 28.6 Å². The number of carbonyl (C=O) groups excluding carboxylic acids is 3. The zero-order chi connectivity index (χ0) is 30.6. The van der Waals surface area contributed by atoms with Gasteiger partial charge in [0.1, 0.15) is 23.6 Å². The summed E-state index contributed by atoms with van der Waals surface area (Å²) in [5, 5.41) is 10.1. The van der Waals surface area contributed by atoms with Gasteiger partial charge in [-0.25, -0.2) is 13.2 Å². The van der Waals surface area contributed by atoms with Crippen molar-refractivity contribution in [3.63, 3.8) is 0 Å². The summed E-state index contributed by atoms with van der Waals surface area (Å²) in [5.41, 5.74) is -7.00. The number of fused-ring (bicyclic) bond motifs is 5. The highest BCUT2D eigenvalue weighted by molar-refractivity contribution is 8.13. The molecule has 230 valence electrons. The van der Waals surface area contributed by atoms with Gasteiger partial charge in [0.05, 0.1) is 5.41 Å². The van der Waals surface area contributed by atoms with Gasteiger partial charge in [-0.15, -0.1) is 0 Å². The second kappa shape index (κ2) is 11.1. The Hall–Kier alpha value is -1.62. The lowest BCUT2D eigenvalue weighted by atomic mass is 9.45. The van der Waals surface area contributed by atoms with Gasteiger partial charge in [0.15, 0.2) is 11.4 Å². The summed E-state index contributed by atoms with van der Waals surface area (Å²) in [6.07, 6.45) is 0.347. The molecule has 4 rings (SSSR count). The van der Waals surface area contributed by atoms with Crippen molar-refractivity contribution in [1.29, 1.82) is 0 Å². The van der Waals surface area contributed by atoms with Crippen molar-refractivity contribution >= 4 is 36.2 Å². The van der Waals surface area contributed by atoms with Crippen LogP contribution < -0.4 is 0 Å². The first-order valence-corrected chi connectivity index (χ1v) is 16.8. The van der Waals surface area contributed by atoms with Crippen LogP contribution in [0.2, 0.25) is 0 Å². The zero-order valence-corrected chi connectivity index (χ0v) is 25.1.